The number of benzene rings is 2. The van der Waals surface area contributed by atoms with Crippen LogP contribution in [-0.4, -0.2) is 49.7 Å². The summed E-state index contributed by atoms with van der Waals surface area (Å²) in [5, 5.41) is 4.92. The molecule has 2 aromatic heterocycles. The van der Waals surface area contributed by atoms with Crippen molar-refractivity contribution in [1.82, 2.24) is 24.6 Å². The van der Waals surface area contributed by atoms with E-state index in [4.69, 9.17) is 21.3 Å². The van der Waals surface area contributed by atoms with E-state index in [2.05, 4.69) is 40.8 Å². The van der Waals surface area contributed by atoms with Gasteiger partial charge in [-0.05, 0) is 67.5 Å². The first kappa shape index (κ1) is 28.6. The number of hydrogen-bond donors (Lipinski definition) is 1. The maximum atomic E-state index is 14.0. The highest BCUT2D eigenvalue weighted by Gasteiger charge is 2.47. The highest BCUT2D eigenvalue weighted by Crippen LogP contribution is 2.42. The van der Waals surface area contributed by atoms with Gasteiger partial charge in [0.05, 0.1) is 35.3 Å². The summed E-state index contributed by atoms with van der Waals surface area (Å²) in [6.07, 6.45) is 8.57. The Morgan fingerprint density at radius 2 is 1.76 bits per heavy atom. The topological polar surface area (TPSA) is 85.2 Å². The van der Waals surface area contributed by atoms with Crippen molar-refractivity contribution in [2.24, 2.45) is 7.05 Å². The second-order valence-corrected chi connectivity index (χ2v) is 12.7. The van der Waals surface area contributed by atoms with Crippen LogP contribution in [0.25, 0.3) is 11.3 Å². The van der Waals surface area contributed by atoms with Crippen LogP contribution >= 0.6 is 23.5 Å². The van der Waals surface area contributed by atoms with Crippen molar-refractivity contribution in [3.05, 3.63) is 82.6 Å². The minimum atomic E-state index is -0.487. The number of rotatable bonds is 8. The number of anilines is 1. The Morgan fingerprint density at radius 3 is 2.43 bits per heavy atom. The number of amides is 1. The molecule has 0 spiro atoms. The SMILES string of the molecule is Cc1cccc(C)c1-c1cc(OC2CN(C(=O)C3(c4ccc(Cl)cc4)CCCCC3)C2)nc(NSc2cnn(C)c2)n1. The summed E-state index contributed by atoms with van der Waals surface area (Å²) in [6, 6.07) is 15.9. The zero-order valence-electron chi connectivity index (χ0n) is 24.1. The number of aromatic nitrogens is 4. The molecule has 1 N–H and O–H groups in total. The van der Waals surface area contributed by atoms with E-state index in [9.17, 15) is 4.79 Å². The molecule has 218 valence electrons. The number of nitrogens with zero attached hydrogens (tertiary/aromatic N) is 5. The van der Waals surface area contributed by atoms with E-state index >= 15 is 0 Å². The van der Waals surface area contributed by atoms with E-state index in [0.717, 1.165) is 58.5 Å². The minimum Gasteiger partial charge on any atom is -0.470 e. The van der Waals surface area contributed by atoms with Gasteiger partial charge in [-0.1, -0.05) is 61.2 Å². The molecule has 42 heavy (non-hydrogen) atoms. The first-order chi connectivity index (χ1) is 20.3. The predicted molar refractivity (Wildman–Crippen MR) is 167 cm³/mol. The van der Waals surface area contributed by atoms with E-state index in [0.29, 0.717) is 29.9 Å². The molecule has 2 fully saturated rings. The maximum absolute atomic E-state index is 14.0. The molecule has 10 heteroatoms. The highest BCUT2D eigenvalue weighted by atomic mass is 35.5. The Balaban J connectivity index is 1.20. The van der Waals surface area contributed by atoms with Crippen LogP contribution in [0.15, 0.2) is 65.8 Å². The molecule has 6 rings (SSSR count). The number of hydrogen-bond acceptors (Lipinski definition) is 7. The second-order valence-electron chi connectivity index (χ2n) is 11.3. The van der Waals surface area contributed by atoms with E-state index < -0.39 is 5.41 Å². The number of nitrogens with one attached hydrogen (secondary N) is 1. The molecular formula is C32H35ClN6O2S. The average molecular weight is 603 g/mol. The Hall–Kier alpha value is -3.56. The monoisotopic (exact) mass is 602 g/mol. The standard InChI is InChI=1S/C32H35ClN6O2S/c1-21-8-7-9-22(2)29(21)27-16-28(36-31(35-27)37-42-26-17-34-38(3)20-26)41-25-18-39(19-25)30(40)32(14-5-4-6-15-32)23-10-12-24(33)13-11-23/h7-13,16-17,20,25H,4-6,14-15,18-19H2,1-3H3,(H,35,36,37). The van der Waals surface area contributed by atoms with Crippen molar-refractivity contribution in [2.45, 2.75) is 62.4 Å². The zero-order valence-corrected chi connectivity index (χ0v) is 25.7. The van der Waals surface area contributed by atoms with Crippen molar-refractivity contribution < 1.29 is 9.53 Å². The first-order valence-electron chi connectivity index (χ1n) is 14.4. The van der Waals surface area contributed by atoms with Gasteiger partial charge in [-0.3, -0.25) is 14.2 Å². The Bertz CT molecular complexity index is 1560. The Morgan fingerprint density at radius 1 is 1.05 bits per heavy atom. The lowest BCUT2D eigenvalue weighted by molar-refractivity contribution is -0.148. The molecule has 2 aliphatic rings. The lowest BCUT2D eigenvalue weighted by Crippen LogP contribution is -2.61. The highest BCUT2D eigenvalue weighted by molar-refractivity contribution is 8.00. The lowest BCUT2D eigenvalue weighted by Gasteiger charge is -2.46. The van der Waals surface area contributed by atoms with Crippen LogP contribution in [0.5, 0.6) is 5.88 Å². The number of carbonyl (C=O) groups excluding carboxylic acids is 1. The number of likely N-dealkylation sites (tertiary alicyclic amines) is 1. The Kier molecular flexibility index (Phi) is 8.14. The minimum absolute atomic E-state index is 0.139. The van der Waals surface area contributed by atoms with E-state index in [1.807, 2.05) is 54.5 Å². The summed E-state index contributed by atoms with van der Waals surface area (Å²) in [5.41, 5.74) is 4.69. The van der Waals surface area contributed by atoms with Gasteiger partial charge in [0.2, 0.25) is 17.7 Å². The average Bonchev–Trinajstić information content (AvgIpc) is 3.39. The summed E-state index contributed by atoms with van der Waals surface area (Å²) in [6.45, 7) is 5.23. The van der Waals surface area contributed by atoms with Crippen molar-refractivity contribution in [3.8, 4) is 17.1 Å². The number of halogens is 1. The van der Waals surface area contributed by atoms with Crippen molar-refractivity contribution >= 4 is 35.4 Å². The van der Waals surface area contributed by atoms with E-state index in [-0.39, 0.29) is 12.0 Å². The van der Waals surface area contributed by atoms with Gasteiger partial charge in [0.1, 0.15) is 6.10 Å². The molecule has 0 atom stereocenters. The zero-order chi connectivity index (χ0) is 29.3. The van der Waals surface area contributed by atoms with Crippen LogP contribution in [0.4, 0.5) is 5.95 Å². The molecule has 0 bridgehead atoms. The number of carbonyl (C=O) groups is 1. The fraction of sp³-hybridized carbons (Fsp3) is 0.375. The molecular weight excluding hydrogens is 568 g/mol. The molecule has 1 saturated carbocycles. The normalized spacial score (nSPS) is 16.6. The smallest absolute Gasteiger partial charge is 0.237 e. The molecule has 1 aliphatic heterocycles. The van der Waals surface area contributed by atoms with E-state index in [1.54, 1.807) is 10.9 Å². The second kappa shape index (κ2) is 12.0. The van der Waals surface area contributed by atoms with Crippen LogP contribution in [0.2, 0.25) is 5.02 Å². The molecule has 8 nitrogen and oxygen atoms in total. The summed E-state index contributed by atoms with van der Waals surface area (Å²) < 4.78 is 11.4. The molecule has 2 aromatic carbocycles. The van der Waals surface area contributed by atoms with Crippen LogP contribution < -0.4 is 9.46 Å². The molecule has 1 aliphatic carbocycles. The fourth-order valence-electron chi connectivity index (χ4n) is 6.14. The van der Waals surface area contributed by atoms with Gasteiger partial charge in [0.15, 0.2) is 0 Å². The van der Waals surface area contributed by atoms with Crippen LogP contribution in [0.3, 0.4) is 0 Å². The summed E-state index contributed by atoms with van der Waals surface area (Å²) in [4.78, 5) is 26.4. The van der Waals surface area contributed by atoms with E-state index in [1.165, 1.54) is 18.4 Å². The quantitative estimate of drug-likeness (QED) is 0.223. The van der Waals surface area contributed by atoms with Crippen molar-refractivity contribution in [2.75, 3.05) is 17.8 Å². The van der Waals surface area contributed by atoms with Gasteiger partial charge in [0, 0.05) is 29.9 Å². The third-order valence-corrected chi connectivity index (χ3v) is 9.30. The first-order valence-corrected chi connectivity index (χ1v) is 15.6. The van der Waals surface area contributed by atoms with Crippen molar-refractivity contribution in [3.63, 3.8) is 0 Å². The lowest BCUT2D eigenvalue weighted by atomic mass is 9.68. The summed E-state index contributed by atoms with van der Waals surface area (Å²) in [7, 11) is 1.88. The molecule has 3 heterocycles. The Labute approximate surface area is 256 Å². The maximum Gasteiger partial charge on any atom is 0.237 e. The predicted octanol–water partition coefficient (Wildman–Crippen LogP) is 6.76. The van der Waals surface area contributed by atoms with Gasteiger partial charge in [-0.2, -0.15) is 10.1 Å². The number of aryl methyl sites for hydroxylation is 3. The van der Waals surface area contributed by atoms with Gasteiger partial charge in [0.25, 0.3) is 0 Å². The summed E-state index contributed by atoms with van der Waals surface area (Å²) >= 11 is 7.57. The van der Waals surface area contributed by atoms with Crippen LogP contribution in [0, 0.1) is 13.8 Å². The fourth-order valence-corrected chi connectivity index (χ4v) is 6.87. The van der Waals surface area contributed by atoms with Gasteiger partial charge in [-0.15, -0.1) is 0 Å². The van der Waals surface area contributed by atoms with Crippen LogP contribution in [-0.2, 0) is 17.3 Å². The van der Waals surface area contributed by atoms with Gasteiger partial charge in [-0.25, -0.2) is 4.98 Å². The largest absolute Gasteiger partial charge is 0.470 e. The molecule has 1 saturated heterocycles. The van der Waals surface area contributed by atoms with Gasteiger partial charge < -0.3 is 9.64 Å². The van der Waals surface area contributed by atoms with Crippen molar-refractivity contribution in [1.29, 1.82) is 0 Å². The molecule has 1 amide bonds. The van der Waals surface area contributed by atoms with Crippen LogP contribution in [0.1, 0.15) is 48.8 Å². The third kappa shape index (κ3) is 5.85. The number of ether oxygens (including phenoxy) is 1. The van der Waals surface area contributed by atoms with Gasteiger partial charge >= 0.3 is 0 Å². The molecule has 4 aromatic rings. The third-order valence-electron chi connectivity index (χ3n) is 8.32. The molecule has 0 unspecified atom stereocenters. The summed E-state index contributed by atoms with van der Waals surface area (Å²) in [5.74, 6) is 1.13. The molecule has 0 radical (unpaired) electrons.